The second-order valence-corrected chi connectivity index (χ2v) is 10.2. The van der Waals surface area contributed by atoms with Crippen LogP contribution in [0.1, 0.15) is 24.5 Å². The number of methoxy groups -OCH3 is 1. The van der Waals surface area contributed by atoms with Crippen LogP contribution in [0.4, 0.5) is 17.5 Å². The number of sulfonamides is 1. The quantitative estimate of drug-likeness (QED) is 0.283. The van der Waals surface area contributed by atoms with Crippen molar-refractivity contribution in [1.82, 2.24) is 14.7 Å². The van der Waals surface area contributed by atoms with Crippen molar-refractivity contribution < 1.29 is 18.3 Å². The summed E-state index contributed by atoms with van der Waals surface area (Å²) in [6.45, 7) is 3.76. The van der Waals surface area contributed by atoms with E-state index in [1.165, 1.54) is 0 Å². The van der Waals surface area contributed by atoms with Crippen molar-refractivity contribution in [3.05, 3.63) is 64.3 Å². The number of aliphatic hydroxyl groups is 1. The predicted molar refractivity (Wildman–Crippen MR) is 136 cm³/mol. The van der Waals surface area contributed by atoms with E-state index in [0.717, 1.165) is 12.0 Å². The van der Waals surface area contributed by atoms with E-state index < -0.39 is 10.0 Å². The second-order valence-electron chi connectivity index (χ2n) is 7.56. The maximum Gasteiger partial charge on any atom is 0.241 e. The molecule has 0 aliphatic carbocycles. The monoisotopic (exact) mass is 549 g/mol. The smallest absolute Gasteiger partial charge is 0.241 e. The van der Waals surface area contributed by atoms with Crippen LogP contribution >= 0.6 is 15.9 Å². The fourth-order valence-corrected chi connectivity index (χ4v) is 4.78. The molecule has 0 spiro atoms. The number of aliphatic hydroxyl groups excluding tert-OH is 1. The molecule has 0 amide bonds. The Kier molecular flexibility index (Phi) is 8.84. The lowest BCUT2D eigenvalue weighted by Gasteiger charge is -2.17. The van der Waals surface area contributed by atoms with Crippen LogP contribution in [0.5, 0.6) is 5.75 Å². The van der Waals surface area contributed by atoms with Gasteiger partial charge in [0.25, 0.3) is 0 Å². The van der Waals surface area contributed by atoms with Crippen LogP contribution in [0, 0.1) is 6.92 Å². The fraction of sp³-hybridized carbons (Fsp3) is 0.304. The predicted octanol–water partition coefficient (Wildman–Crippen LogP) is 3.96. The van der Waals surface area contributed by atoms with Crippen molar-refractivity contribution in [1.29, 1.82) is 0 Å². The molecule has 1 atom stereocenters. The molecule has 1 heterocycles. The number of para-hydroxylation sites is 1. The normalized spacial score (nSPS) is 12.3. The highest BCUT2D eigenvalue weighted by Gasteiger charge is 2.19. The van der Waals surface area contributed by atoms with Gasteiger partial charge in [-0.1, -0.05) is 31.2 Å². The lowest BCUT2D eigenvalue weighted by Crippen LogP contribution is -2.24. The van der Waals surface area contributed by atoms with Crippen molar-refractivity contribution in [3.8, 4) is 5.75 Å². The largest absolute Gasteiger partial charge is 0.496 e. The molecule has 1 aromatic heterocycles. The maximum absolute atomic E-state index is 13.1. The number of rotatable bonds is 11. The van der Waals surface area contributed by atoms with Gasteiger partial charge in [-0.05, 0) is 53.0 Å². The van der Waals surface area contributed by atoms with Crippen molar-refractivity contribution in [3.63, 3.8) is 0 Å². The van der Waals surface area contributed by atoms with Gasteiger partial charge in [0.15, 0.2) is 0 Å². The Labute approximate surface area is 208 Å². The minimum absolute atomic E-state index is 0.0310. The number of aromatic nitrogens is 2. The third-order valence-electron chi connectivity index (χ3n) is 5.18. The first-order chi connectivity index (χ1) is 16.3. The number of halogens is 1. The van der Waals surface area contributed by atoms with E-state index in [9.17, 15) is 13.5 Å². The summed E-state index contributed by atoms with van der Waals surface area (Å²) < 4.78 is 34.7. The zero-order valence-electron chi connectivity index (χ0n) is 19.2. The van der Waals surface area contributed by atoms with Crippen LogP contribution in [0.15, 0.2) is 58.0 Å². The molecule has 0 saturated carbocycles. The number of hydrogen-bond donors (Lipinski definition) is 4. The molecule has 4 N–H and O–H groups in total. The fourth-order valence-electron chi connectivity index (χ4n) is 3.19. The topological polar surface area (TPSA) is 125 Å². The number of nitrogens with zero attached hydrogens (tertiary/aromatic N) is 2. The van der Waals surface area contributed by atoms with Gasteiger partial charge < -0.3 is 20.5 Å². The molecule has 0 aliphatic rings. The first-order valence-electron chi connectivity index (χ1n) is 10.7. The third-order valence-corrected chi connectivity index (χ3v) is 7.30. The minimum Gasteiger partial charge on any atom is -0.496 e. The molecule has 0 fully saturated rings. The average molecular weight is 550 g/mol. The number of ether oxygens (including phenoxy) is 1. The molecule has 182 valence electrons. The minimum atomic E-state index is -3.80. The molecule has 0 unspecified atom stereocenters. The first kappa shape index (κ1) is 25.9. The molecule has 0 saturated heterocycles. The summed E-state index contributed by atoms with van der Waals surface area (Å²) in [4.78, 5) is 8.84. The standard InChI is InChI=1S/C23H28BrN5O4S/c1-4-17(14-30)27-22-19(24)13-25-23(29-22)28-18-10-9-15(2)21(11-18)34(31,32)26-12-16-7-5-6-8-20(16)33-3/h5-11,13,17,26,30H,4,12,14H2,1-3H3,(H2,25,27,28,29)/t17-/m1/s1. The molecule has 9 nitrogen and oxygen atoms in total. The first-order valence-corrected chi connectivity index (χ1v) is 12.9. The van der Waals surface area contributed by atoms with Crippen LogP contribution in [0.2, 0.25) is 0 Å². The van der Waals surface area contributed by atoms with Gasteiger partial charge in [0.1, 0.15) is 11.6 Å². The summed E-state index contributed by atoms with van der Waals surface area (Å²) in [6.07, 6.45) is 2.30. The maximum atomic E-state index is 13.1. The van der Waals surface area contributed by atoms with E-state index in [0.29, 0.717) is 27.3 Å². The SMILES string of the molecule is CC[C@H](CO)Nc1nc(Nc2ccc(C)c(S(=O)(=O)NCc3ccccc3OC)c2)ncc1Br. The van der Waals surface area contributed by atoms with E-state index >= 15 is 0 Å². The van der Waals surface area contributed by atoms with Crippen molar-refractivity contribution >= 4 is 43.4 Å². The molecule has 3 aromatic rings. The molecule has 0 bridgehead atoms. The Morgan fingerprint density at radius 1 is 1.21 bits per heavy atom. The number of hydrogen-bond acceptors (Lipinski definition) is 8. The van der Waals surface area contributed by atoms with E-state index in [2.05, 4.69) is 41.3 Å². The number of aryl methyl sites for hydroxylation is 1. The Morgan fingerprint density at radius 3 is 2.68 bits per heavy atom. The third kappa shape index (κ3) is 6.44. The summed E-state index contributed by atoms with van der Waals surface area (Å²) in [5, 5.41) is 15.7. The van der Waals surface area contributed by atoms with Crippen LogP contribution in [-0.4, -0.2) is 43.3 Å². The van der Waals surface area contributed by atoms with Crippen molar-refractivity contribution in [2.45, 2.75) is 37.8 Å². The second kappa shape index (κ2) is 11.6. The Bertz CT molecular complexity index is 1240. The van der Waals surface area contributed by atoms with E-state index in [-0.39, 0.29) is 30.0 Å². The summed E-state index contributed by atoms with van der Waals surface area (Å²) in [5.74, 6) is 1.42. The van der Waals surface area contributed by atoms with Gasteiger partial charge in [-0.25, -0.2) is 18.1 Å². The Morgan fingerprint density at radius 2 is 1.97 bits per heavy atom. The average Bonchev–Trinajstić information content (AvgIpc) is 2.84. The van der Waals surface area contributed by atoms with E-state index in [1.807, 2.05) is 25.1 Å². The van der Waals surface area contributed by atoms with E-state index in [1.54, 1.807) is 44.5 Å². The van der Waals surface area contributed by atoms with Crippen molar-refractivity contribution in [2.75, 3.05) is 24.4 Å². The van der Waals surface area contributed by atoms with Crippen LogP contribution in [-0.2, 0) is 16.6 Å². The molecule has 34 heavy (non-hydrogen) atoms. The van der Waals surface area contributed by atoms with Gasteiger partial charge in [-0.2, -0.15) is 4.98 Å². The zero-order valence-corrected chi connectivity index (χ0v) is 21.6. The molecular weight excluding hydrogens is 522 g/mol. The van der Waals surface area contributed by atoms with Gasteiger partial charge in [-0.15, -0.1) is 0 Å². The van der Waals surface area contributed by atoms with Gasteiger partial charge >= 0.3 is 0 Å². The number of nitrogens with one attached hydrogen (secondary N) is 3. The summed E-state index contributed by atoms with van der Waals surface area (Å²) in [5.41, 5.74) is 1.86. The van der Waals surface area contributed by atoms with Gasteiger partial charge in [-0.3, -0.25) is 0 Å². The van der Waals surface area contributed by atoms with Crippen LogP contribution in [0.25, 0.3) is 0 Å². The zero-order chi connectivity index (χ0) is 24.7. The Hall–Kier alpha value is -2.73. The highest BCUT2D eigenvalue weighted by atomic mass is 79.9. The molecule has 3 rings (SSSR count). The lowest BCUT2D eigenvalue weighted by atomic mass is 10.2. The van der Waals surface area contributed by atoms with Crippen LogP contribution < -0.4 is 20.1 Å². The van der Waals surface area contributed by atoms with Gasteiger partial charge in [0.05, 0.1) is 29.1 Å². The number of benzene rings is 2. The van der Waals surface area contributed by atoms with Crippen LogP contribution in [0.3, 0.4) is 0 Å². The van der Waals surface area contributed by atoms with Gasteiger partial charge in [0.2, 0.25) is 16.0 Å². The number of anilines is 3. The summed E-state index contributed by atoms with van der Waals surface area (Å²) in [7, 11) is -2.25. The molecule has 11 heteroatoms. The van der Waals surface area contributed by atoms with Gasteiger partial charge in [0, 0.05) is 24.0 Å². The summed E-state index contributed by atoms with van der Waals surface area (Å²) in [6, 6.07) is 12.1. The highest BCUT2D eigenvalue weighted by molar-refractivity contribution is 9.10. The van der Waals surface area contributed by atoms with Crippen molar-refractivity contribution in [2.24, 2.45) is 0 Å². The molecular formula is C23H28BrN5O4S. The summed E-state index contributed by atoms with van der Waals surface area (Å²) >= 11 is 3.40. The molecule has 2 aromatic carbocycles. The molecule has 0 radical (unpaired) electrons. The highest BCUT2D eigenvalue weighted by Crippen LogP contribution is 2.26. The Balaban J connectivity index is 1.81. The van der Waals surface area contributed by atoms with E-state index in [4.69, 9.17) is 4.74 Å². The molecule has 0 aliphatic heterocycles. The lowest BCUT2D eigenvalue weighted by molar-refractivity contribution is 0.271.